The molecular weight excluding hydrogens is 285 g/mol. The fraction of sp³-hybridized carbons (Fsp3) is 0.615. The number of methoxy groups -OCH3 is 1. The van der Waals surface area contributed by atoms with E-state index in [1.165, 1.54) is 12.0 Å². The van der Waals surface area contributed by atoms with E-state index in [-0.39, 0.29) is 19.4 Å². The van der Waals surface area contributed by atoms with Crippen molar-refractivity contribution < 1.29 is 33.0 Å². The molecule has 0 radical (unpaired) electrons. The Labute approximate surface area is 120 Å². The van der Waals surface area contributed by atoms with Crippen molar-refractivity contribution in [2.24, 2.45) is 0 Å². The Kier molecular flexibility index (Phi) is 4.44. The largest absolute Gasteiger partial charge is 0.466 e. The van der Waals surface area contributed by atoms with Crippen molar-refractivity contribution >= 4 is 18.0 Å². The highest BCUT2D eigenvalue weighted by Crippen LogP contribution is 2.35. The lowest BCUT2D eigenvalue weighted by molar-refractivity contribution is -0.157. The predicted octanol–water partition coefficient (Wildman–Crippen LogP) is 0.580. The van der Waals surface area contributed by atoms with Gasteiger partial charge in [0.25, 0.3) is 0 Å². The van der Waals surface area contributed by atoms with Crippen LogP contribution in [0.3, 0.4) is 0 Å². The fourth-order valence-corrected chi connectivity index (χ4v) is 2.39. The van der Waals surface area contributed by atoms with Gasteiger partial charge in [0.2, 0.25) is 0 Å². The minimum Gasteiger partial charge on any atom is -0.466 e. The first-order chi connectivity index (χ1) is 9.92. The topological polar surface area (TPSA) is 82.1 Å². The standard InChI is InChI=1S/C13H16FNO6/c1-7-3-9-10(4-8(7)14)21-13(18)15(9)5-11(16)20-6-12(17)19-2/h8-10H,1,3-6H2,2H3. The Balaban J connectivity index is 1.93. The molecule has 1 aliphatic heterocycles. The second-order valence-corrected chi connectivity index (χ2v) is 4.92. The highest BCUT2D eigenvalue weighted by atomic mass is 19.1. The van der Waals surface area contributed by atoms with E-state index >= 15 is 0 Å². The Bertz CT molecular complexity index is 479. The average molecular weight is 301 g/mol. The molecule has 3 unspecified atom stereocenters. The number of rotatable bonds is 4. The van der Waals surface area contributed by atoms with Crippen LogP contribution in [0.4, 0.5) is 9.18 Å². The second kappa shape index (κ2) is 6.11. The van der Waals surface area contributed by atoms with Crippen molar-refractivity contribution in [1.29, 1.82) is 0 Å². The monoisotopic (exact) mass is 301 g/mol. The number of amides is 1. The van der Waals surface area contributed by atoms with Gasteiger partial charge in [-0.05, 0) is 12.0 Å². The fourth-order valence-electron chi connectivity index (χ4n) is 2.39. The van der Waals surface area contributed by atoms with Gasteiger partial charge in [-0.1, -0.05) is 6.58 Å². The summed E-state index contributed by atoms with van der Waals surface area (Å²) < 4.78 is 27.6. The number of fused-ring (bicyclic) bond motifs is 1. The molecule has 21 heavy (non-hydrogen) atoms. The van der Waals surface area contributed by atoms with Crippen LogP contribution < -0.4 is 0 Å². The normalized spacial score (nSPS) is 27.9. The van der Waals surface area contributed by atoms with E-state index in [1.54, 1.807) is 0 Å². The van der Waals surface area contributed by atoms with Crippen LogP contribution in [0, 0.1) is 0 Å². The number of carbonyl (C=O) groups is 3. The van der Waals surface area contributed by atoms with Crippen LogP contribution in [0.1, 0.15) is 12.8 Å². The number of ether oxygens (including phenoxy) is 3. The number of hydrogen-bond acceptors (Lipinski definition) is 6. The van der Waals surface area contributed by atoms with Crippen LogP contribution in [0.2, 0.25) is 0 Å². The molecule has 0 aromatic rings. The van der Waals surface area contributed by atoms with Crippen molar-refractivity contribution in [3.63, 3.8) is 0 Å². The summed E-state index contributed by atoms with van der Waals surface area (Å²) in [6, 6.07) is -0.428. The van der Waals surface area contributed by atoms with Crippen LogP contribution in [-0.4, -0.2) is 61.5 Å². The first-order valence-corrected chi connectivity index (χ1v) is 6.43. The molecule has 0 bridgehead atoms. The third-order valence-electron chi connectivity index (χ3n) is 3.55. The van der Waals surface area contributed by atoms with Crippen LogP contribution in [0.5, 0.6) is 0 Å². The lowest BCUT2D eigenvalue weighted by Gasteiger charge is -2.30. The van der Waals surface area contributed by atoms with E-state index in [0.29, 0.717) is 5.57 Å². The number of halogens is 1. The minimum absolute atomic E-state index is 0.0446. The molecule has 0 spiro atoms. The molecule has 1 aliphatic carbocycles. The molecule has 2 rings (SSSR count). The number of nitrogens with zero attached hydrogens (tertiary/aromatic N) is 1. The number of esters is 2. The molecular formula is C13H16FNO6. The van der Waals surface area contributed by atoms with E-state index in [0.717, 1.165) is 0 Å². The minimum atomic E-state index is -1.20. The highest BCUT2D eigenvalue weighted by molar-refractivity contribution is 5.81. The maximum atomic E-state index is 13.5. The summed E-state index contributed by atoms with van der Waals surface area (Å²) in [6.45, 7) is 2.74. The predicted molar refractivity (Wildman–Crippen MR) is 67.0 cm³/mol. The lowest BCUT2D eigenvalue weighted by atomic mass is 9.87. The van der Waals surface area contributed by atoms with Gasteiger partial charge in [0.15, 0.2) is 6.61 Å². The summed E-state index contributed by atoms with van der Waals surface area (Å²) >= 11 is 0. The van der Waals surface area contributed by atoms with Gasteiger partial charge in [-0.2, -0.15) is 0 Å². The molecule has 0 aromatic heterocycles. The van der Waals surface area contributed by atoms with E-state index in [1.807, 2.05) is 0 Å². The van der Waals surface area contributed by atoms with E-state index < -0.39 is 43.0 Å². The highest BCUT2D eigenvalue weighted by Gasteiger charge is 2.47. The first kappa shape index (κ1) is 15.3. The zero-order valence-electron chi connectivity index (χ0n) is 11.5. The van der Waals surface area contributed by atoms with Crippen LogP contribution in [0.15, 0.2) is 12.2 Å². The molecule has 1 heterocycles. The van der Waals surface area contributed by atoms with Gasteiger partial charge in [-0.15, -0.1) is 0 Å². The zero-order valence-corrected chi connectivity index (χ0v) is 11.5. The number of carbonyl (C=O) groups excluding carboxylic acids is 3. The van der Waals surface area contributed by atoms with E-state index in [9.17, 15) is 18.8 Å². The van der Waals surface area contributed by atoms with Crippen molar-refractivity contribution in [2.75, 3.05) is 20.3 Å². The molecule has 1 amide bonds. The molecule has 116 valence electrons. The molecule has 0 N–H and O–H groups in total. The van der Waals surface area contributed by atoms with Crippen LogP contribution >= 0.6 is 0 Å². The lowest BCUT2D eigenvalue weighted by Crippen LogP contribution is -2.44. The van der Waals surface area contributed by atoms with Crippen molar-refractivity contribution in [2.45, 2.75) is 31.2 Å². The quantitative estimate of drug-likeness (QED) is 0.429. The van der Waals surface area contributed by atoms with Gasteiger partial charge in [0.1, 0.15) is 18.8 Å². The van der Waals surface area contributed by atoms with Gasteiger partial charge in [-0.3, -0.25) is 9.69 Å². The molecule has 7 nitrogen and oxygen atoms in total. The molecule has 8 heteroatoms. The molecule has 1 saturated heterocycles. The summed E-state index contributed by atoms with van der Waals surface area (Å²) in [5.41, 5.74) is 0.377. The average Bonchev–Trinajstić information content (AvgIpc) is 2.73. The first-order valence-electron chi connectivity index (χ1n) is 6.43. The summed E-state index contributed by atoms with van der Waals surface area (Å²) in [7, 11) is 1.17. The Morgan fingerprint density at radius 1 is 1.48 bits per heavy atom. The summed E-state index contributed by atoms with van der Waals surface area (Å²) in [6.07, 6.45) is -2.20. The number of hydrogen-bond donors (Lipinski definition) is 0. The van der Waals surface area contributed by atoms with Gasteiger partial charge < -0.3 is 14.2 Å². The third kappa shape index (κ3) is 3.32. The second-order valence-electron chi connectivity index (χ2n) is 4.92. The van der Waals surface area contributed by atoms with E-state index in [4.69, 9.17) is 4.74 Å². The SMILES string of the molecule is C=C1CC2C(CC1F)OC(=O)N2CC(=O)OCC(=O)OC. The van der Waals surface area contributed by atoms with Gasteiger partial charge in [0, 0.05) is 6.42 Å². The van der Waals surface area contributed by atoms with Gasteiger partial charge in [-0.25, -0.2) is 14.0 Å². The Morgan fingerprint density at radius 3 is 2.86 bits per heavy atom. The molecule has 2 aliphatic rings. The number of alkyl halides is 1. The van der Waals surface area contributed by atoms with Crippen molar-refractivity contribution in [3.8, 4) is 0 Å². The Morgan fingerprint density at radius 2 is 2.19 bits per heavy atom. The van der Waals surface area contributed by atoms with Crippen molar-refractivity contribution in [3.05, 3.63) is 12.2 Å². The molecule has 0 aromatic carbocycles. The van der Waals surface area contributed by atoms with E-state index in [2.05, 4.69) is 16.1 Å². The van der Waals surface area contributed by atoms with Crippen LogP contribution in [-0.2, 0) is 23.8 Å². The molecule has 2 fully saturated rings. The maximum absolute atomic E-state index is 13.5. The summed E-state index contributed by atoms with van der Waals surface area (Å²) in [5, 5.41) is 0. The molecule has 3 atom stereocenters. The van der Waals surface area contributed by atoms with Crippen LogP contribution in [0.25, 0.3) is 0 Å². The summed E-state index contributed by atoms with van der Waals surface area (Å²) in [5.74, 6) is -1.46. The van der Waals surface area contributed by atoms with Gasteiger partial charge in [0.05, 0.1) is 13.2 Å². The summed E-state index contributed by atoms with van der Waals surface area (Å²) in [4.78, 5) is 35.4. The smallest absolute Gasteiger partial charge is 0.411 e. The molecule has 1 saturated carbocycles. The van der Waals surface area contributed by atoms with Crippen molar-refractivity contribution in [1.82, 2.24) is 4.90 Å². The maximum Gasteiger partial charge on any atom is 0.411 e. The zero-order chi connectivity index (χ0) is 15.6. The van der Waals surface area contributed by atoms with Gasteiger partial charge >= 0.3 is 18.0 Å². The Hall–Kier alpha value is -2.12. The third-order valence-corrected chi connectivity index (χ3v) is 3.55.